The van der Waals surface area contributed by atoms with E-state index in [2.05, 4.69) is 18.8 Å². The lowest BCUT2D eigenvalue weighted by Gasteiger charge is -2.24. The van der Waals surface area contributed by atoms with Crippen LogP contribution in [0.5, 0.6) is 5.75 Å². The van der Waals surface area contributed by atoms with Gasteiger partial charge in [-0.1, -0.05) is 26.0 Å². The third-order valence-corrected chi connectivity index (χ3v) is 6.06. The maximum absolute atomic E-state index is 13.0. The number of carbonyl (C=O) groups excluding carboxylic acids is 2. The lowest BCUT2D eigenvalue weighted by Crippen LogP contribution is -2.28. The van der Waals surface area contributed by atoms with Crippen molar-refractivity contribution in [1.29, 1.82) is 0 Å². The third-order valence-electron chi connectivity index (χ3n) is 5.14. The van der Waals surface area contributed by atoms with Gasteiger partial charge in [-0.3, -0.25) is 14.6 Å². The van der Waals surface area contributed by atoms with Crippen molar-refractivity contribution < 1.29 is 19.4 Å². The molecule has 4 rings (SSSR count). The molecule has 0 saturated carbocycles. The molecular weight excluding hydrogens is 424 g/mol. The molecule has 0 unspecified atom stereocenters. The zero-order valence-corrected chi connectivity index (χ0v) is 18.7. The predicted molar refractivity (Wildman–Crippen MR) is 123 cm³/mol. The molecule has 6 nitrogen and oxygen atoms in total. The van der Waals surface area contributed by atoms with E-state index in [1.165, 1.54) is 16.2 Å². The van der Waals surface area contributed by atoms with Crippen molar-refractivity contribution in [2.24, 2.45) is 5.92 Å². The van der Waals surface area contributed by atoms with Crippen LogP contribution in [0.15, 0.2) is 71.9 Å². The Labute approximate surface area is 190 Å². The first kappa shape index (κ1) is 21.8. The molecule has 1 aromatic carbocycles. The van der Waals surface area contributed by atoms with Crippen LogP contribution in [0.1, 0.15) is 35.9 Å². The molecule has 1 amide bonds. The Hall–Kier alpha value is -3.45. The van der Waals surface area contributed by atoms with E-state index in [-0.39, 0.29) is 17.9 Å². The number of likely N-dealkylation sites (tertiary alicyclic amines) is 1. The number of hydrogen-bond donors (Lipinski definition) is 1. The van der Waals surface area contributed by atoms with Crippen LogP contribution >= 0.6 is 11.3 Å². The van der Waals surface area contributed by atoms with Gasteiger partial charge in [0.05, 0.1) is 18.2 Å². The highest BCUT2D eigenvalue weighted by atomic mass is 32.1. The zero-order chi connectivity index (χ0) is 22.7. The average Bonchev–Trinajstić information content (AvgIpc) is 3.41. The minimum Gasteiger partial charge on any atom is -0.507 e. The van der Waals surface area contributed by atoms with Crippen LogP contribution in [-0.4, -0.2) is 33.3 Å². The maximum atomic E-state index is 13.0. The zero-order valence-electron chi connectivity index (χ0n) is 17.9. The van der Waals surface area contributed by atoms with Gasteiger partial charge in [0.2, 0.25) is 0 Å². The lowest BCUT2D eigenvalue weighted by molar-refractivity contribution is -0.140. The number of Topliss-reactive ketones (excluding diaryl/α,β-unsaturated/α-hetero) is 1. The minimum absolute atomic E-state index is 0.0946. The predicted octanol–water partition coefficient (Wildman–Crippen LogP) is 4.80. The van der Waals surface area contributed by atoms with Gasteiger partial charge in [-0.25, -0.2) is 0 Å². The molecule has 164 valence electrons. The number of ether oxygens (including phenoxy) is 1. The fourth-order valence-electron chi connectivity index (χ4n) is 3.60. The van der Waals surface area contributed by atoms with E-state index in [4.69, 9.17) is 4.74 Å². The number of aliphatic hydroxyl groups is 1. The molecule has 3 heterocycles. The number of rotatable bonds is 7. The van der Waals surface area contributed by atoms with Gasteiger partial charge in [-0.15, -0.1) is 11.3 Å². The summed E-state index contributed by atoms with van der Waals surface area (Å²) in [4.78, 5) is 32.4. The summed E-state index contributed by atoms with van der Waals surface area (Å²) in [6, 6.07) is 13.6. The molecule has 0 bridgehead atoms. The Bertz CT molecular complexity index is 1120. The van der Waals surface area contributed by atoms with Crippen LogP contribution in [0.2, 0.25) is 0 Å². The summed E-state index contributed by atoms with van der Waals surface area (Å²) in [6.07, 6.45) is 3.32. The summed E-state index contributed by atoms with van der Waals surface area (Å²) in [5.41, 5.74) is 1.36. The largest absolute Gasteiger partial charge is 0.507 e. The molecule has 1 atom stereocenters. The maximum Gasteiger partial charge on any atom is 0.295 e. The van der Waals surface area contributed by atoms with Crippen molar-refractivity contribution in [2.45, 2.75) is 26.4 Å². The van der Waals surface area contributed by atoms with E-state index < -0.39 is 17.7 Å². The summed E-state index contributed by atoms with van der Waals surface area (Å²) in [5.74, 6) is -0.437. The van der Waals surface area contributed by atoms with E-state index in [1.54, 1.807) is 42.7 Å². The van der Waals surface area contributed by atoms with Gasteiger partial charge in [0.15, 0.2) is 0 Å². The fourth-order valence-corrected chi connectivity index (χ4v) is 4.45. The second kappa shape index (κ2) is 9.36. The number of amides is 1. The first-order valence-electron chi connectivity index (χ1n) is 10.4. The molecule has 1 saturated heterocycles. The van der Waals surface area contributed by atoms with E-state index in [9.17, 15) is 14.7 Å². The Kier molecular flexibility index (Phi) is 6.37. The molecule has 32 heavy (non-hydrogen) atoms. The van der Waals surface area contributed by atoms with Crippen molar-refractivity contribution in [2.75, 3.05) is 6.61 Å². The highest BCUT2D eigenvalue weighted by Crippen LogP contribution is 2.41. The Balaban J connectivity index is 1.71. The minimum atomic E-state index is -0.690. The quantitative estimate of drug-likeness (QED) is 0.319. The van der Waals surface area contributed by atoms with Gasteiger partial charge in [-0.05, 0) is 53.3 Å². The van der Waals surface area contributed by atoms with Crippen molar-refractivity contribution in [3.05, 3.63) is 87.9 Å². The molecule has 0 spiro atoms. The number of pyridine rings is 1. The molecule has 2 aromatic heterocycles. The second-order valence-electron chi connectivity index (χ2n) is 8.03. The number of hydrogen-bond acceptors (Lipinski definition) is 6. The van der Waals surface area contributed by atoms with Crippen LogP contribution in [0.3, 0.4) is 0 Å². The average molecular weight is 449 g/mol. The van der Waals surface area contributed by atoms with Gasteiger partial charge < -0.3 is 14.7 Å². The second-order valence-corrected chi connectivity index (χ2v) is 9.01. The number of nitrogens with zero attached hydrogens (tertiary/aromatic N) is 2. The monoisotopic (exact) mass is 448 g/mol. The van der Waals surface area contributed by atoms with Gasteiger partial charge in [0.1, 0.15) is 11.5 Å². The highest BCUT2D eigenvalue weighted by Gasteiger charge is 2.46. The molecule has 1 N–H and O–H groups in total. The normalized spacial score (nSPS) is 17.8. The number of aliphatic hydroxyl groups excluding tert-OH is 1. The molecule has 7 heteroatoms. The smallest absolute Gasteiger partial charge is 0.295 e. The number of carbonyl (C=O) groups is 2. The number of aromatic nitrogens is 1. The molecule has 0 aliphatic carbocycles. The van der Waals surface area contributed by atoms with Crippen molar-refractivity contribution in [3.63, 3.8) is 0 Å². The molecule has 3 aromatic rings. The number of thiophene rings is 1. The van der Waals surface area contributed by atoms with Crippen molar-refractivity contribution >= 4 is 28.8 Å². The van der Waals surface area contributed by atoms with Crippen LogP contribution in [0.4, 0.5) is 0 Å². The topological polar surface area (TPSA) is 79.7 Å². The number of benzene rings is 1. The van der Waals surface area contributed by atoms with Crippen LogP contribution < -0.4 is 4.74 Å². The van der Waals surface area contributed by atoms with Crippen molar-refractivity contribution in [1.82, 2.24) is 9.88 Å². The Morgan fingerprint density at radius 3 is 2.56 bits per heavy atom. The van der Waals surface area contributed by atoms with Crippen molar-refractivity contribution in [3.8, 4) is 5.75 Å². The standard InChI is InChI=1S/C25H24N2O4S/c1-16(2)15-31-19-9-7-18(8-10-19)23(28)21-22(20-6-4-12-32-20)27(25(30)24(21)29)14-17-5-3-11-26-13-17/h3-13,16,22,28H,14-15H2,1-2H3/b23-21+/t22-/m1/s1. The molecular formula is C25H24N2O4S. The van der Waals surface area contributed by atoms with E-state index >= 15 is 0 Å². The fraction of sp³-hybridized carbons (Fsp3) is 0.240. The summed E-state index contributed by atoms with van der Waals surface area (Å²) in [7, 11) is 0. The van der Waals surface area contributed by atoms with Gasteiger partial charge in [-0.2, -0.15) is 0 Å². The third kappa shape index (κ3) is 4.43. The molecule has 1 fully saturated rings. The first-order valence-corrected chi connectivity index (χ1v) is 11.3. The van der Waals surface area contributed by atoms with Gasteiger partial charge in [0, 0.05) is 29.4 Å². The van der Waals surface area contributed by atoms with Gasteiger partial charge >= 0.3 is 0 Å². The van der Waals surface area contributed by atoms with Crippen LogP contribution in [0.25, 0.3) is 5.76 Å². The number of ketones is 1. The highest BCUT2D eigenvalue weighted by molar-refractivity contribution is 7.10. The van der Waals surface area contributed by atoms with E-state index in [1.807, 2.05) is 23.6 Å². The molecule has 1 aliphatic heterocycles. The lowest BCUT2D eigenvalue weighted by atomic mass is 9.99. The van der Waals surface area contributed by atoms with Gasteiger partial charge in [0.25, 0.3) is 11.7 Å². The summed E-state index contributed by atoms with van der Waals surface area (Å²) in [5, 5.41) is 13.0. The van der Waals surface area contributed by atoms with Crippen LogP contribution in [0, 0.1) is 5.92 Å². The van der Waals surface area contributed by atoms with Crippen LogP contribution in [-0.2, 0) is 16.1 Å². The summed E-state index contributed by atoms with van der Waals surface area (Å²) < 4.78 is 5.70. The summed E-state index contributed by atoms with van der Waals surface area (Å²) >= 11 is 1.44. The Morgan fingerprint density at radius 1 is 1.16 bits per heavy atom. The molecule has 1 aliphatic rings. The van der Waals surface area contributed by atoms with E-state index in [0.29, 0.717) is 23.8 Å². The first-order chi connectivity index (χ1) is 15.5. The molecule has 0 radical (unpaired) electrons. The SMILES string of the molecule is CC(C)COc1ccc(/C(O)=C2\C(=O)C(=O)N(Cc3cccnc3)[C@@H]2c2cccs2)cc1. The van der Waals surface area contributed by atoms with E-state index in [0.717, 1.165) is 10.4 Å². The Morgan fingerprint density at radius 2 is 1.94 bits per heavy atom. The summed E-state index contributed by atoms with van der Waals surface area (Å²) in [6.45, 7) is 4.94.